The number of esters is 1. The molecule has 0 aliphatic heterocycles. The third-order valence-electron chi connectivity index (χ3n) is 4.18. The van der Waals surface area contributed by atoms with Gasteiger partial charge in [0.2, 0.25) is 0 Å². The third kappa shape index (κ3) is 6.74. The Bertz CT molecular complexity index is 1020. The highest BCUT2D eigenvalue weighted by atomic mass is 16.5. The van der Waals surface area contributed by atoms with Gasteiger partial charge in [-0.25, -0.2) is 0 Å². The maximum Gasteiger partial charge on any atom is 0.326 e. The molecule has 2 rings (SSSR count). The van der Waals surface area contributed by atoms with E-state index in [4.69, 9.17) is 19.5 Å². The number of nitriles is 1. The van der Waals surface area contributed by atoms with Crippen LogP contribution in [-0.2, 0) is 14.3 Å². The van der Waals surface area contributed by atoms with Crippen LogP contribution in [0, 0.1) is 11.3 Å². The second-order valence-electron chi connectivity index (χ2n) is 6.49. The van der Waals surface area contributed by atoms with Gasteiger partial charge < -0.3 is 24.8 Å². The number of anilines is 1. The zero-order chi connectivity index (χ0) is 23.5. The Hall–Kier alpha value is -4.06. The molecule has 2 aromatic carbocycles. The number of amides is 2. The monoisotopic (exact) mass is 439 g/mol. The molecule has 32 heavy (non-hydrogen) atoms. The van der Waals surface area contributed by atoms with Crippen molar-refractivity contribution < 1.29 is 28.6 Å². The summed E-state index contributed by atoms with van der Waals surface area (Å²) < 4.78 is 16.0. The van der Waals surface area contributed by atoms with Crippen molar-refractivity contribution in [2.75, 3.05) is 25.1 Å². The molecule has 9 nitrogen and oxygen atoms in total. The number of nitrogens with zero attached hydrogens (tertiary/aromatic N) is 1. The Morgan fingerprint density at radius 2 is 1.72 bits per heavy atom. The molecule has 2 aromatic rings. The molecule has 168 valence electrons. The van der Waals surface area contributed by atoms with Crippen molar-refractivity contribution in [1.29, 1.82) is 5.26 Å². The summed E-state index contributed by atoms with van der Waals surface area (Å²) in [5.74, 6) is -0.951. The van der Waals surface area contributed by atoms with Gasteiger partial charge in [0.15, 0.2) is 17.6 Å². The number of carbonyl (C=O) groups excluding carboxylic acids is 3. The molecule has 0 saturated carbocycles. The van der Waals surface area contributed by atoms with E-state index in [0.29, 0.717) is 30.4 Å². The predicted molar refractivity (Wildman–Crippen MR) is 116 cm³/mol. The average Bonchev–Trinajstić information content (AvgIpc) is 2.79. The summed E-state index contributed by atoms with van der Waals surface area (Å²) >= 11 is 0. The molecule has 0 aromatic heterocycles. The first-order valence-electron chi connectivity index (χ1n) is 10.1. The van der Waals surface area contributed by atoms with Gasteiger partial charge in [-0.2, -0.15) is 5.26 Å². The lowest BCUT2D eigenvalue weighted by Crippen LogP contribution is -2.36. The molecule has 0 fully saturated rings. The number of carbonyl (C=O) groups is 3. The average molecular weight is 439 g/mol. The smallest absolute Gasteiger partial charge is 0.326 e. The van der Waals surface area contributed by atoms with Gasteiger partial charge in [0.05, 0.1) is 24.5 Å². The number of hydrogen-bond donors (Lipinski definition) is 2. The molecule has 1 unspecified atom stereocenters. The van der Waals surface area contributed by atoms with Crippen LogP contribution in [0.15, 0.2) is 42.5 Å². The van der Waals surface area contributed by atoms with E-state index in [0.717, 1.165) is 0 Å². The van der Waals surface area contributed by atoms with Crippen molar-refractivity contribution in [3.05, 3.63) is 53.6 Å². The number of nitrogens with one attached hydrogen (secondary N) is 2. The van der Waals surface area contributed by atoms with Gasteiger partial charge in [-0.05, 0) is 51.1 Å². The molecule has 2 N–H and O–H groups in total. The molecule has 0 spiro atoms. The minimum absolute atomic E-state index is 0.281. The van der Waals surface area contributed by atoms with Gasteiger partial charge in [-0.15, -0.1) is 0 Å². The van der Waals surface area contributed by atoms with Gasteiger partial charge in [0, 0.05) is 5.56 Å². The highest BCUT2D eigenvalue weighted by Crippen LogP contribution is 2.28. The van der Waals surface area contributed by atoms with Crippen LogP contribution in [0.4, 0.5) is 5.69 Å². The minimum Gasteiger partial charge on any atom is -0.490 e. The maximum atomic E-state index is 12.4. The van der Waals surface area contributed by atoms with Crippen LogP contribution in [0.3, 0.4) is 0 Å². The van der Waals surface area contributed by atoms with E-state index < -0.39 is 30.4 Å². The molecule has 9 heteroatoms. The summed E-state index contributed by atoms with van der Waals surface area (Å²) in [4.78, 5) is 36.7. The molecular weight excluding hydrogens is 414 g/mol. The van der Waals surface area contributed by atoms with Crippen molar-refractivity contribution in [3.8, 4) is 17.6 Å². The Morgan fingerprint density at radius 3 is 2.41 bits per heavy atom. The standard InChI is InChI=1S/C23H25N3O6/c1-4-30-19-11-10-16(12-20(19)31-5-2)23(29)25-14-21(27)32-15(3)22(28)26-18-9-7-6-8-17(18)13-24/h6-12,15H,4-5,14H2,1-3H3,(H,25,29)(H,26,28). The Kier molecular flexibility index (Phi) is 9.05. The van der Waals surface area contributed by atoms with E-state index >= 15 is 0 Å². The predicted octanol–water partition coefficient (Wildman–Crippen LogP) is 2.66. The topological polar surface area (TPSA) is 127 Å². The zero-order valence-electron chi connectivity index (χ0n) is 18.1. The van der Waals surface area contributed by atoms with Gasteiger partial charge in [0.1, 0.15) is 12.6 Å². The fourth-order valence-electron chi connectivity index (χ4n) is 2.66. The number of ether oxygens (including phenoxy) is 3. The van der Waals surface area contributed by atoms with Crippen LogP contribution in [0.5, 0.6) is 11.5 Å². The molecule has 0 bridgehead atoms. The fraction of sp³-hybridized carbons (Fsp3) is 0.304. The fourth-order valence-corrected chi connectivity index (χ4v) is 2.66. The van der Waals surface area contributed by atoms with Crippen molar-refractivity contribution in [1.82, 2.24) is 5.32 Å². The first-order valence-corrected chi connectivity index (χ1v) is 10.1. The van der Waals surface area contributed by atoms with Crippen LogP contribution < -0.4 is 20.1 Å². The van der Waals surface area contributed by atoms with E-state index in [9.17, 15) is 14.4 Å². The second kappa shape index (κ2) is 12.0. The van der Waals surface area contributed by atoms with E-state index in [1.807, 2.05) is 19.9 Å². The number of para-hydroxylation sites is 1. The van der Waals surface area contributed by atoms with Gasteiger partial charge in [-0.1, -0.05) is 12.1 Å². The first kappa shape index (κ1) is 24.2. The summed E-state index contributed by atoms with van der Waals surface area (Å²) in [7, 11) is 0. The maximum absolute atomic E-state index is 12.4. The van der Waals surface area contributed by atoms with E-state index in [1.165, 1.54) is 13.0 Å². The summed E-state index contributed by atoms with van der Waals surface area (Å²) in [6, 6.07) is 13.1. The van der Waals surface area contributed by atoms with E-state index in [1.54, 1.807) is 36.4 Å². The summed E-state index contributed by atoms with van der Waals surface area (Å²) in [5, 5.41) is 14.1. The van der Waals surface area contributed by atoms with Crippen LogP contribution in [0.2, 0.25) is 0 Å². The van der Waals surface area contributed by atoms with Crippen molar-refractivity contribution >= 4 is 23.5 Å². The summed E-state index contributed by atoms with van der Waals surface area (Å²) in [5.41, 5.74) is 0.883. The van der Waals surface area contributed by atoms with Crippen LogP contribution >= 0.6 is 0 Å². The summed E-state index contributed by atoms with van der Waals surface area (Å²) in [6.07, 6.45) is -1.12. The van der Waals surface area contributed by atoms with Crippen molar-refractivity contribution in [2.45, 2.75) is 26.9 Å². The van der Waals surface area contributed by atoms with Crippen molar-refractivity contribution in [2.24, 2.45) is 0 Å². The van der Waals surface area contributed by atoms with Gasteiger partial charge >= 0.3 is 5.97 Å². The number of rotatable bonds is 10. The zero-order valence-corrected chi connectivity index (χ0v) is 18.1. The highest BCUT2D eigenvalue weighted by Gasteiger charge is 2.20. The van der Waals surface area contributed by atoms with Crippen molar-refractivity contribution in [3.63, 3.8) is 0 Å². The molecule has 0 aliphatic carbocycles. The largest absolute Gasteiger partial charge is 0.490 e. The molecule has 0 saturated heterocycles. The van der Waals surface area contributed by atoms with Crippen LogP contribution in [-0.4, -0.2) is 43.6 Å². The normalized spacial score (nSPS) is 10.9. The lowest BCUT2D eigenvalue weighted by molar-refractivity contribution is -0.152. The Morgan fingerprint density at radius 1 is 1.03 bits per heavy atom. The quantitative estimate of drug-likeness (QED) is 0.545. The van der Waals surface area contributed by atoms with Gasteiger partial charge in [-0.3, -0.25) is 14.4 Å². The van der Waals surface area contributed by atoms with E-state index in [-0.39, 0.29) is 11.1 Å². The molecule has 0 aliphatic rings. The third-order valence-corrected chi connectivity index (χ3v) is 4.18. The number of benzene rings is 2. The van der Waals surface area contributed by atoms with Crippen LogP contribution in [0.1, 0.15) is 36.7 Å². The Labute approximate surface area is 186 Å². The van der Waals surface area contributed by atoms with E-state index in [2.05, 4.69) is 10.6 Å². The molecule has 1 atom stereocenters. The van der Waals surface area contributed by atoms with Crippen LogP contribution in [0.25, 0.3) is 0 Å². The number of hydrogen-bond acceptors (Lipinski definition) is 7. The lowest BCUT2D eigenvalue weighted by atomic mass is 10.2. The Balaban J connectivity index is 1.90. The molecule has 0 heterocycles. The SMILES string of the molecule is CCOc1ccc(C(=O)NCC(=O)OC(C)C(=O)Nc2ccccc2C#N)cc1OCC. The molecule has 2 amide bonds. The summed E-state index contributed by atoms with van der Waals surface area (Å²) in [6.45, 7) is 5.47. The second-order valence-corrected chi connectivity index (χ2v) is 6.49. The lowest BCUT2D eigenvalue weighted by Gasteiger charge is -2.15. The molecule has 0 radical (unpaired) electrons. The molecular formula is C23H25N3O6. The van der Waals surface area contributed by atoms with Gasteiger partial charge in [0.25, 0.3) is 11.8 Å². The first-order chi connectivity index (χ1) is 15.4. The highest BCUT2D eigenvalue weighted by molar-refractivity contribution is 5.98. The minimum atomic E-state index is -1.12.